The average Bonchev–Trinajstić information content (AvgIpc) is 3.60. The third-order valence-corrected chi connectivity index (χ3v) is 10.6. The number of benzene rings is 7. The van der Waals surface area contributed by atoms with Crippen LogP contribution in [0.15, 0.2) is 169 Å². The first-order valence-corrected chi connectivity index (χ1v) is 17.1. The molecule has 0 saturated heterocycles. The lowest BCUT2D eigenvalue weighted by atomic mass is 9.94. The molecule has 0 radical (unpaired) electrons. The summed E-state index contributed by atoms with van der Waals surface area (Å²) in [7, 11) is 0. The van der Waals surface area contributed by atoms with E-state index in [1.807, 2.05) is 11.8 Å². The smallest absolute Gasteiger partial charge is 0.104 e. The van der Waals surface area contributed by atoms with Gasteiger partial charge in [-0.2, -0.15) is 0 Å². The lowest BCUT2D eigenvalue weighted by Gasteiger charge is -2.33. The van der Waals surface area contributed by atoms with Crippen molar-refractivity contribution in [1.29, 1.82) is 0 Å². The number of fused-ring (bicyclic) bond motifs is 5. The van der Waals surface area contributed by atoms with E-state index in [0.717, 1.165) is 5.70 Å². The maximum atomic E-state index is 3.86. The average molecular weight is 624 g/mol. The molecule has 3 nitrogen and oxygen atoms in total. The summed E-state index contributed by atoms with van der Waals surface area (Å²) in [5, 5.41) is 16.8. The Balaban J connectivity index is 1.06. The Labute approximate surface area is 279 Å². The van der Waals surface area contributed by atoms with Gasteiger partial charge in [-0.25, -0.2) is 0 Å². The van der Waals surface area contributed by atoms with E-state index < -0.39 is 0 Å². The Hall–Kier alpha value is -5.29. The monoisotopic (exact) mass is 623 g/mol. The molecule has 0 amide bonds. The lowest BCUT2D eigenvalue weighted by Crippen LogP contribution is -2.39. The van der Waals surface area contributed by atoms with Crippen molar-refractivity contribution in [1.82, 2.24) is 10.6 Å². The fraction of sp³-hybridized carbons (Fsp3) is 0.0698. The molecule has 0 saturated carbocycles. The Bertz CT molecular complexity index is 2260. The molecule has 47 heavy (non-hydrogen) atoms. The van der Waals surface area contributed by atoms with Crippen molar-refractivity contribution in [3.05, 3.63) is 186 Å². The van der Waals surface area contributed by atoms with Crippen LogP contribution in [0, 0.1) is 0 Å². The summed E-state index contributed by atoms with van der Waals surface area (Å²) >= 11 is 1.90. The predicted molar refractivity (Wildman–Crippen MR) is 198 cm³/mol. The first kappa shape index (κ1) is 28.0. The summed E-state index contributed by atoms with van der Waals surface area (Å²) < 4.78 is 0. The Morgan fingerprint density at radius 2 is 1.15 bits per heavy atom. The fourth-order valence-corrected chi connectivity index (χ4v) is 8.14. The minimum absolute atomic E-state index is 0.0477. The highest BCUT2D eigenvalue weighted by Crippen LogP contribution is 2.50. The van der Waals surface area contributed by atoms with E-state index in [2.05, 4.69) is 180 Å². The van der Waals surface area contributed by atoms with Gasteiger partial charge in [0.25, 0.3) is 0 Å². The second-order valence-electron chi connectivity index (χ2n) is 12.3. The molecule has 3 N–H and O–H groups in total. The standard InChI is InChI=1S/C43H33N3S/c1-4-11-28(12-5-1)37-27-38(29-13-6-2-7-14-29)45-42(44-37)35-18-10-17-32(26-35)33-21-23-36-34(25-33)20-19-30-22-24-39-41(40(30)36)46-43(47-39)31-15-8-3-9-16-31/h1-27,37,42-46H. The number of rotatable bonds is 5. The highest BCUT2D eigenvalue weighted by Gasteiger charge is 2.26. The van der Waals surface area contributed by atoms with E-state index in [0.29, 0.717) is 0 Å². The van der Waals surface area contributed by atoms with Gasteiger partial charge in [-0.15, -0.1) is 0 Å². The minimum atomic E-state index is -0.0477. The largest absolute Gasteiger partial charge is 0.368 e. The second kappa shape index (κ2) is 11.8. The van der Waals surface area contributed by atoms with Crippen LogP contribution in [-0.2, 0) is 0 Å². The van der Waals surface area contributed by atoms with Crippen LogP contribution in [0.5, 0.6) is 0 Å². The molecule has 0 aliphatic carbocycles. The number of nitrogens with one attached hydrogen (secondary N) is 3. The molecule has 7 aromatic rings. The van der Waals surface area contributed by atoms with Gasteiger partial charge in [-0.05, 0) is 73.8 Å². The van der Waals surface area contributed by atoms with E-state index in [9.17, 15) is 0 Å². The van der Waals surface area contributed by atoms with E-state index in [4.69, 9.17) is 0 Å². The fourth-order valence-electron chi connectivity index (χ4n) is 6.99. The summed E-state index contributed by atoms with van der Waals surface area (Å²) in [4.78, 5) is 1.31. The minimum Gasteiger partial charge on any atom is -0.368 e. The van der Waals surface area contributed by atoms with E-state index in [1.165, 1.54) is 65.5 Å². The molecular weight excluding hydrogens is 591 g/mol. The lowest BCUT2D eigenvalue weighted by molar-refractivity contribution is 0.443. The predicted octanol–water partition coefficient (Wildman–Crippen LogP) is 10.9. The maximum Gasteiger partial charge on any atom is 0.104 e. The van der Waals surface area contributed by atoms with Crippen LogP contribution in [0.1, 0.15) is 39.8 Å². The van der Waals surface area contributed by atoms with Crippen LogP contribution < -0.4 is 16.0 Å². The quantitative estimate of drug-likeness (QED) is 0.167. The molecule has 0 aromatic heterocycles. The molecule has 2 aliphatic heterocycles. The first-order chi connectivity index (χ1) is 23.3. The number of anilines is 1. The molecule has 2 heterocycles. The third kappa shape index (κ3) is 5.26. The van der Waals surface area contributed by atoms with Crippen LogP contribution in [0.4, 0.5) is 5.69 Å². The van der Waals surface area contributed by atoms with Crippen molar-refractivity contribution >= 4 is 44.7 Å². The molecule has 2 aliphatic rings. The number of hydrogen-bond acceptors (Lipinski definition) is 4. The Morgan fingerprint density at radius 3 is 1.96 bits per heavy atom. The van der Waals surface area contributed by atoms with Crippen molar-refractivity contribution < 1.29 is 0 Å². The molecular formula is C43H33N3S. The van der Waals surface area contributed by atoms with Crippen LogP contribution in [0.3, 0.4) is 0 Å². The molecule has 7 aromatic carbocycles. The zero-order valence-electron chi connectivity index (χ0n) is 25.7. The maximum absolute atomic E-state index is 3.86. The van der Waals surface area contributed by atoms with E-state index >= 15 is 0 Å². The van der Waals surface area contributed by atoms with Crippen LogP contribution in [0.25, 0.3) is 38.4 Å². The summed E-state index contributed by atoms with van der Waals surface area (Å²) in [6.45, 7) is 0. The molecule has 0 bridgehead atoms. The van der Waals surface area contributed by atoms with Crippen molar-refractivity contribution in [2.45, 2.75) is 22.5 Å². The Kier molecular flexibility index (Phi) is 7.03. The van der Waals surface area contributed by atoms with Crippen LogP contribution in [-0.4, -0.2) is 0 Å². The van der Waals surface area contributed by atoms with Gasteiger partial charge in [-0.3, -0.25) is 5.32 Å². The number of thioether (sulfide) groups is 1. The molecule has 3 unspecified atom stereocenters. The number of hydrogen-bond donors (Lipinski definition) is 3. The van der Waals surface area contributed by atoms with Crippen LogP contribution in [0.2, 0.25) is 0 Å². The van der Waals surface area contributed by atoms with Crippen molar-refractivity contribution in [3.8, 4) is 11.1 Å². The molecule has 0 spiro atoms. The van der Waals surface area contributed by atoms with Crippen molar-refractivity contribution in [2.75, 3.05) is 5.32 Å². The highest BCUT2D eigenvalue weighted by atomic mass is 32.2. The summed E-state index contributed by atoms with van der Waals surface area (Å²) in [6.07, 6.45) is 2.25. The van der Waals surface area contributed by atoms with Crippen LogP contribution >= 0.6 is 11.8 Å². The highest BCUT2D eigenvalue weighted by molar-refractivity contribution is 8.00. The zero-order valence-corrected chi connectivity index (χ0v) is 26.5. The first-order valence-electron chi connectivity index (χ1n) is 16.2. The molecule has 9 rings (SSSR count). The van der Waals surface area contributed by atoms with Gasteiger partial charge >= 0.3 is 0 Å². The zero-order chi connectivity index (χ0) is 31.2. The van der Waals surface area contributed by atoms with Crippen molar-refractivity contribution in [2.24, 2.45) is 0 Å². The van der Waals surface area contributed by atoms with E-state index in [-0.39, 0.29) is 17.6 Å². The molecule has 3 atom stereocenters. The summed E-state index contributed by atoms with van der Waals surface area (Å²) in [5.74, 6) is 0. The second-order valence-corrected chi connectivity index (χ2v) is 13.4. The summed E-state index contributed by atoms with van der Waals surface area (Å²) in [6, 6.07) is 57.0. The van der Waals surface area contributed by atoms with E-state index in [1.54, 1.807) is 0 Å². The van der Waals surface area contributed by atoms with Gasteiger partial charge in [-0.1, -0.05) is 151 Å². The van der Waals surface area contributed by atoms with Gasteiger partial charge < -0.3 is 10.6 Å². The van der Waals surface area contributed by atoms with Gasteiger partial charge in [0.1, 0.15) is 11.5 Å². The van der Waals surface area contributed by atoms with Gasteiger partial charge in [0.15, 0.2) is 0 Å². The molecule has 226 valence electrons. The SMILES string of the molecule is C1=C(c2ccccc2)NC(c2cccc(-c3ccc4c(ccc5ccc6c(c54)NC(c4ccccc4)S6)c3)c2)NC1c1ccccc1. The Morgan fingerprint density at radius 1 is 0.489 bits per heavy atom. The van der Waals surface area contributed by atoms with Gasteiger partial charge in [0.2, 0.25) is 0 Å². The van der Waals surface area contributed by atoms with Gasteiger partial charge in [0, 0.05) is 16.0 Å². The summed E-state index contributed by atoms with van der Waals surface area (Å²) in [5.41, 5.74) is 9.74. The topological polar surface area (TPSA) is 36.1 Å². The van der Waals surface area contributed by atoms with Gasteiger partial charge in [0.05, 0.1) is 11.7 Å². The van der Waals surface area contributed by atoms with Crippen molar-refractivity contribution in [3.63, 3.8) is 0 Å². The third-order valence-electron chi connectivity index (χ3n) is 9.36. The molecule has 0 fully saturated rings. The molecule has 4 heteroatoms. The normalized spacial score (nSPS) is 18.7.